The molecule has 0 bridgehead atoms. The minimum Gasteiger partial charge on any atom is -0.352 e. The highest BCUT2D eigenvalue weighted by Gasteiger charge is 2.33. The second-order valence-electron chi connectivity index (χ2n) is 5.47. The number of hydrogen-bond donors (Lipinski definition) is 2. The van der Waals surface area contributed by atoms with Gasteiger partial charge < -0.3 is 15.2 Å². The predicted molar refractivity (Wildman–Crippen MR) is 78.5 cm³/mol. The van der Waals surface area contributed by atoms with Crippen LogP contribution >= 0.6 is 15.9 Å². The van der Waals surface area contributed by atoms with Crippen molar-refractivity contribution in [3.8, 4) is 0 Å². The number of aromatic nitrogens is 2. The van der Waals surface area contributed by atoms with Gasteiger partial charge >= 0.3 is 0 Å². The van der Waals surface area contributed by atoms with Crippen LogP contribution in [0, 0.1) is 5.92 Å². The van der Waals surface area contributed by atoms with Gasteiger partial charge in [0.25, 0.3) is 5.56 Å². The summed E-state index contributed by atoms with van der Waals surface area (Å²) in [5.41, 5.74) is -0.0996. The van der Waals surface area contributed by atoms with Crippen LogP contribution in [0.1, 0.15) is 25.7 Å². The molecule has 0 radical (unpaired) electrons. The molecule has 1 aliphatic heterocycles. The summed E-state index contributed by atoms with van der Waals surface area (Å²) in [5.74, 6) is 1.46. The zero-order valence-corrected chi connectivity index (χ0v) is 12.4. The number of aromatic amines is 1. The quantitative estimate of drug-likeness (QED) is 0.880. The third-order valence-corrected chi connectivity index (χ3v) is 4.61. The van der Waals surface area contributed by atoms with Gasteiger partial charge in [0.1, 0.15) is 4.47 Å². The average Bonchev–Trinajstić information content (AvgIpc) is 3.25. The minimum absolute atomic E-state index is 0.0996. The Balaban J connectivity index is 1.80. The summed E-state index contributed by atoms with van der Waals surface area (Å²) in [6, 6.07) is 0.563. The van der Waals surface area contributed by atoms with E-state index in [0.717, 1.165) is 25.5 Å². The topological polar surface area (TPSA) is 61.0 Å². The van der Waals surface area contributed by atoms with Crippen molar-refractivity contribution in [2.24, 2.45) is 5.92 Å². The number of piperidine rings is 1. The van der Waals surface area contributed by atoms with Crippen LogP contribution in [0.15, 0.2) is 15.6 Å². The lowest BCUT2D eigenvalue weighted by molar-refractivity contribution is 0.375. The van der Waals surface area contributed by atoms with Gasteiger partial charge in [-0.25, -0.2) is 4.98 Å². The van der Waals surface area contributed by atoms with Crippen LogP contribution in [0.3, 0.4) is 0 Å². The molecular formula is C13H19BrN4O. The van der Waals surface area contributed by atoms with Gasteiger partial charge in [-0.3, -0.25) is 4.79 Å². The first kappa shape index (κ1) is 13.1. The maximum atomic E-state index is 11.7. The van der Waals surface area contributed by atoms with Gasteiger partial charge in [-0.05, 0) is 60.6 Å². The molecule has 2 heterocycles. The minimum atomic E-state index is -0.0996. The van der Waals surface area contributed by atoms with Crippen LogP contribution in [-0.2, 0) is 0 Å². The van der Waals surface area contributed by atoms with E-state index in [4.69, 9.17) is 0 Å². The van der Waals surface area contributed by atoms with Gasteiger partial charge in [0, 0.05) is 12.6 Å². The Kier molecular flexibility index (Phi) is 3.88. The van der Waals surface area contributed by atoms with Crippen LogP contribution in [0.25, 0.3) is 0 Å². The van der Waals surface area contributed by atoms with Gasteiger partial charge in [-0.15, -0.1) is 0 Å². The van der Waals surface area contributed by atoms with Crippen molar-refractivity contribution in [1.29, 1.82) is 0 Å². The van der Waals surface area contributed by atoms with Crippen LogP contribution < -0.4 is 15.8 Å². The standard InChI is InChI=1S/C13H19BrN4O/c14-11-12(16-8-17-13(11)19)18(10-3-4-10)7-9-2-1-5-15-6-9/h8-10,15H,1-7H2,(H,16,17,19). The Hall–Kier alpha value is -0.880. The summed E-state index contributed by atoms with van der Waals surface area (Å²) >= 11 is 3.38. The number of nitrogens with zero attached hydrogens (tertiary/aromatic N) is 2. The molecular weight excluding hydrogens is 308 g/mol. The van der Waals surface area contributed by atoms with Gasteiger partial charge in [-0.2, -0.15) is 0 Å². The fraction of sp³-hybridized carbons (Fsp3) is 0.692. The van der Waals surface area contributed by atoms with Crippen LogP contribution in [0.5, 0.6) is 0 Å². The highest BCUT2D eigenvalue weighted by Crippen LogP contribution is 2.34. The smallest absolute Gasteiger partial charge is 0.267 e. The predicted octanol–water partition coefficient (Wildman–Crippen LogP) is 1.50. The number of anilines is 1. The second kappa shape index (κ2) is 5.63. The van der Waals surface area contributed by atoms with Crippen molar-refractivity contribution in [2.75, 3.05) is 24.5 Å². The first-order chi connectivity index (χ1) is 9.25. The summed E-state index contributed by atoms with van der Waals surface area (Å²) in [5, 5.41) is 3.45. The lowest BCUT2D eigenvalue weighted by Gasteiger charge is -2.31. The van der Waals surface area contributed by atoms with Crippen LogP contribution in [-0.4, -0.2) is 35.6 Å². The van der Waals surface area contributed by atoms with Gasteiger partial charge in [0.05, 0.1) is 6.33 Å². The molecule has 0 amide bonds. The summed E-state index contributed by atoms with van der Waals surface area (Å²) in [6.45, 7) is 3.20. The monoisotopic (exact) mass is 326 g/mol. The van der Waals surface area contributed by atoms with Crippen molar-refractivity contribution in [1.82, 2.24) is 15.3 Å². The Bertz CT molecular complexity index is 494. The average molecular weight is 327 g/mol. The van der Waals surface area contributed by atoms with Gasteiger partial charge in [0.15, 0.2) is 5.82 Å². The molecule has 2 aliphatic rings. The van der Waals surface area contributed by atoms with E-state index < -0.39 is 0 Å². The molecule has 104 valence electrons. The van der Waals surface area contributed by atoms with Crippen LogP contribution in [0.2, 0.25) is 0 Å². The molecule has 6 heteroatoms. The Morgan fingerprint density at radius 1 is 1.42 bits per heavy atom. The molecule has 1 unspecified atom stereocenters. The van der Waals surface area contributed by atoms with Crippen LogP contribution in [0.4, 0.5) is 5.82 Å². The van der Waals surface area contributed by atoms with Crippen molar-refractivity contribution < 1.29 is 0 Å². The summed E-state index contributed by atoms with van der Waals surface area (Å²) in [7, 11) is 0. The molecule has 1 atom stereocenters. The highest BCUT2D eigenvalue weighted by molar-refractivity contribution is 9.10. The first-order valence-corrected chi connectivity index (χ1v) is 7.75. The number of rotatable bonds is 4. The largest absolute Gasteiger partial charge is 0.352 e. The number of halogens is 1. The summed E-state index contributed by atoms with van der Waals surface area (Å²) < 4.78 is 0.561. The van der Waals surface area contributed by atoms with E-state index in [9.17, 15) is 4.79 Å². The molecule has 5 nitrogen and oxygen atoms in total. The Morgan fingerprint density at radius 3 is 2.95 bits per heavy atom. The normalized spacial score (nSPS) is 23.3. The van der Waals surface area contributed by atoms with Crippen molar-refractivity contribution in [3.05, 3.63) is 21.2 Å². The molecule has 0 spiro atoms. The maximum Gasteiger partial charge on any atom is 0.267 e. The summed E-state index contributed by atoms with van der Waals surface area (Å²) in [4.78, 5) is 21.0. The first-order valence-electron chi connectivity index (χ1n) is 6.96. The molecule has 1 aromatic rings. The Labute approximate surface area is 120 Å². The van der Waals surface area contributed by atoms with E-state index >= 15 is 0 Å². The third kappa shape index (κ3) is 3.00. The number of hydrogen-bond acceptors (Lipinski definition) is 4. The molecule has 1 saturated heterocycles. The number of nitrogens with one attached hydrogen (secondary N) is 2. The van der Waals surface area contributed by atoms with Gasteiger partial charge in [0.2, 0.25) is 0 Å². The molecule has 3 rings (SSSR count). The molecule has 0 aromatic carbocycles. The molecule has 2 fully saturated rings. The maximum absolute atomic E-state index is 11.7. The second-order valence-corrected chi connectivity index (χ2v) is 6.26. The SMILES string of the molecule is O=c1[nH]cnc(N(CC2CCCNC2)C2CC2)c1Br. The molecule has 2 N–H and O–H groups in total. The Morgan fingerprint density at radius 2 is 2.26 bits per heavy atom. The highest BCUT2D eigenvalue weighted by atomic mass is 79.9. The van der Waals surface area contributed by atoms with E-state index in [1.54, 1.807) is 0 Å². The van der Waals surface area contributed by atoms with E-state index in [1.807, 2.05) is 0 Å². The van der Waals surface area contributed by atoms with Crippen molar-refractivity contribution in [2.45, 2.75) is 31.7 Å². The molecule has 1 aromatic heterocycles. The zero-order chi connectivity index (χ0) is 13.2. The third-order valence-electron chi connectivity index (χ3n) is 3.89. The van der Waals surface area contributed by atoms with Crippen molar-refractivity contribution >= 4 is 21.7 Å². The zero-order valence-electron chi connectivity index (χ0n) is 10.9. The van der Waals surface area contributed by atoms with Crippen molar-refractivity contribution in [3.63, 3.8) is 0 Å². The lowest BCUT2D eigenvalue weighted by Crippen LogP contribution is -2.40. The van der Waals surface area contributed by atoms with E-state index in [1.165, 1.54) is 32.0 Å². The fourth-order valence-corrected chi connectivity index (χ4v) is 3.17. The summed E-state index contributed by atoms with van der Waals surface area (Å²) in [6.07, 6.45) is 6.42. The molecule has 19 heavy (non-hydrogen) atoms. The molecule has 1 saturated carbocycles. The van der Waals surface area contributed by atoms with Gasteiger partial charge in [-0.1, -0.05) is 0 Å². The molecule has 1 aliphatic carbocycles. The fourth-order valence-electron chi connectivity index (χ4n) is 2.73. The van der Waals surface area contributed by atoms with E-state index in [-0.39, 0.29) is 5.56 Å². The number of H-pyrrole nitrogens is 1. The van der Waals surface area contributed by atoms with E-state index in [0.29, 0.717) is 16.4 Å². The lowest BCUT2D eigenvalue weighted by atomic mass is 9.99. The van der Waals surface area contributed by atoms with E-state index in [2.05, 4.69) is 36.1 Å².